The van der Waals surface area contributed by atoms with E-state index in [2.05, 4.69) is 21.2 Å². The van der Waals surface area contributed by atoms with Gasteiger partial charge in [-0.1, -0.05) is 42.5 Å². The summed E-state index contributed by atoms with van der Waals surface area (Å²) in [6, 6.07) is 17.1. The van der Waals surface area contributed by atoms with E-state index >= 15 is 0 Å². The second-order valence-corrected chi connectivity index (χ2v) is 13.4. The average Bonchev–Trinajstić information content (AvgIpc) is 3.20. The van der Waals surface area contributed by atoms with Gasteiger partial charge in [0.2, 0.25) is 10.0 Å². The van der Waals surface area contributed by atoms with Gasteiger partial charge in [0.25, 0.3) is 0 Å². The zero-order valence-corrected chi connectivity index (χ0v) is 25.2. The molecule has 0 amide bonds. The molecule has 1 aliphatic heterocycles. The van der Waals surface area contributed by atoms with Crippen LogP contribution in [-0.4, -0.2) is 49.9 Å². The fraction of sp³-hybridized carbons (Fsp3) is 0.357. The van der Waals surface area contributed by atoms with Crippen LogP contribution in [0.25, 0.3) is 10.4 Å². The quantitative estimate of drug-likeness (QED) is 0.285. The lowest BCUT2D eigenvalue weighted by Gasteiger charge is -2.32. The molecule has 0 saturated carbocycles. The molecule has 39 heavy (non-hydrogen) atoms. The van der Waals surface area contributed by atoms with Crippen molar-refractivity contribution >= 4 is 54.9 Å². The zero-order valence-electron chi connectivity index (χ0n) is 22.0. The summed E-state index contributed by atoms with van der Waals surface area (Å²) in [7, 11) is -3.38. The lowest BCUT2D eigenvalue weighted by molar-refractivity contribution is -0.131. The first-order valence-corrected chi connectivity index (χ1v) is 15.9. The van der Waals surface area contributed by atoms with Gasteiger partial charge in [0.05, 0.1) is 21.2 Å². The van der Waals surface area contributed by atoms with E-state index in [9.17, 15) is 18.0 Å². The summed E-state index contributed by atoms with van der Waals surface area (Å²) >= 11 is 4.71. The molecule has 208 valence electrons. The first kappa shape index (κ1) is 29.3. The molecule has 2 aromatic carbocycles. The van der Waals surface area contributed by atoms with E-state index in [1.165, 1.54) is 18.3 Å². The van der Waals surface area contributed by atoms with Crippen LogP contribution in [0.4, 0.5) is 5.69 Å². The molecule has 1 aliphatic rings. The number of esters is 2. The summed E-state index contributed by atoms with van der Waals surface area (Å²) in [4.78, 5) is 25.4. The number of ether oxygens (including phenoxy) is 2. The molecule has 1 aromatic heterocycles. The second kappa shape index (κ2) is 12.6. The molecule has 11 heteroatoms. The number of nitrogens with zero attached hydrogens (tertiary/aromatic N) is 1. The van der Waals surface area contributed by atoms with Crippen molar-refractivity contribution in [2.75, 3.05) is 18.4 Å². The van der Waals surface area contributed by atoms with Gasteiger partial charge in [-0.2, -0.15) is 0 Å². The molecule has 1 fully saturated rings. The van der Waals surface area contributed by atoms with Gasteiger partial charge in [-0.15, -0.1) is 11.3 Å². The highest BCUT2D eigenvalue weighted by atomic mass is 79.9. The summed E-state index contributed by atoms with van der Waals surface area (Å²) in [5.41, 5.74) is 2.49. The van der Waals surface area contributed by atoms with E-state index in [0.29, 0.717) is 30.4 Å². The Morgan fingerprint density at radius 3 is 2.44 bits per heavy atom. The number of nitrogens with one attached hydrogen (secondary N) is 1. The van der Waals surface area contributed by atoms with E-state index in [1.807, 2.05) is 54.6 Å². The number of hydrogen-bond acceptors (Lipinski definition) is 8. The van der Waals surface area contributed by atoms with Crippen LogP contribution in [0, 0.1) is 0 Å². The highest BCUT2D eigenvalue weighted by Gasteiger charge is 2.29. The molecule has 4 rings (SSSR count). The fourth-order valence-corrected chi connectivity index (χ4v) is 7.80. The van der Waals surface area contributed by atoms with E-state index in [0.717, 1.165) is 21.7 Å². The van der Waals surface area contributed by atoms with Crippen molar-refractivity contribution in [2.45, 2.75) is 51.5 Å². The predicted octanol–water partition coefficient (Wildman–Crippen LogP) is 6.07. The third kappa shape index (κ3) is 7.47. The van der Waals surface area contributed by atoms with Crippen molar-refractivity contribution in [1.29, 1.82) is 0 Å². The highest BCUT2D eigenvalue weighted by Crippen LogP contribution is 2.46. The van der Waals surface area contributed by atoms with Crippen LogP contribution in [0.3, 0.4) is 0 Å². The normalized spacial score (nSPS) is 14.8. The molecular formula is C28H31BrN2O6S2. The Labute approximate surface area is 241 Å². The number of benzene rings is 2. The van der Waals surface area contributed by atoms with Gasteiger partial charge in [0, 0.05) is 31.7 Å². The van der Waals surface area contributed by atoms with Crippen molar-refractivity contribution in [1.82, 2.24) is 4.31 Å². The van der Waals surface area contributed by atoms with E-state index < -0.39 is 22.0 Å². The Hall–Kier alpha value is -2.73. The molecular weight excluding hydrogens is 604 g/mol. The molecule has 0 unspecified atom stereocenters. The lowest BCUT2D eigenvalue weighted by atomic mass is 10.1. The van der Waals surface area contributed by atoms with E-state index in [1.54, 1.807) is 18.2 Å². The molecule has 0 aliphatic carbocycles. The highest BCUT2D eigenvalue weighted by molar-refractivity contribution is 9.10. The third-order valence-electron chi connectivity index (χ3n) is 6.12. The van der Waals surface area contributed by atoms with Gasteiger partial charge < -0.3 is 14.8 Å². The summed E-state index contributed by atoms with van der Waals surface area (Å²) < 4.78 is 38.6. The van der Waals surface area contributed by atoms with Crippen molar-refractivity contribution in [2.24, 2.45) is 0 Å². The molecule has 3 aromatic rings. The van der Waals surface area contributed by atoms with Crippen molar-refractivity contribution in [3.8, 4) is 16.2 Å². The number of sulfonamides is 1. The van der Waals surface area contributed by atoms with Crippen molar-refractivity contribution in [3.05, 3.63) is 69.5 Å². The molecule has 1 saturated heterocycles. The van der Waals surface area contributed by atoms with Crippen LogP contribution >= 0.6 is 27.3 Å². The topological polar surface area (TPSA) is 102 Å². The predicted molar refractivity (Wildman–Crippen MR) is 157 cm³/mol. The Morgan fingerprint density at radius 2 is 1.79 bits per heavy atom. The molecule has 0 radical (unpaired) electrons. The second-order valence-electron chi connectivity index (χ2n) is 9.59. The Morgan fingerprint density at radius 1 is 1.10 bits per heavy atom. The number of halogens is 1. The van der Waals surface area contributed by atoms with Crippen LogP contribution in [0.1, 0.15) is 48.8 Å². The monoisotopic (exact) mass is 634 g/mol. The molecule has 8 nitrogen and oxygen atoms in total. The molecule has 0 bridgehead atoms. The smallest absolute Gasteiger partial charge is 0.352 e. The van der Waals surface area contributed by atoms with Gasteiger partial charge in [-0.25, -0.2) is 17.5 Å². The summed E-state index contributed by atoms with van der Waals surface area (Å²) in [5, 5.41) is 3.53. The minimum atomic E-state index is -3.38. The Kier molecular flexibility index (Phi) is 9.47. The SMILES string of the molecule is CC(=O)Oc1c(C(=O)OC(C)C)sc(-c2cccc(NC3CCN(S(=O)(=O)Cc4ccccc4)CC3)c2)c1Br. The van der Waals surface area contributed by atoms with Gasteiger partial charge in [0.1, 0.15) is 0 Å². The molecule has 0 atom stereocenters. The maximum absolute atomic E-state index is 12.9. The van der Waals surface area contributed by atoms with Crippen LogP contribution in [-0.2, 0) is 25.3 Å². The average molecular weight is 636 g/mol. The first-order chi connectivity index (χ1) is 18.5. The minimum absolute atomic E-state index is 0.00566. The van der Waals surface area contributed by atoms with Gasteiger partial charge >= 0.3 is 11.9 Å². The fourth-order valence-electron chi connectivity index (χ4n) is 4.36. The minimum Gasteiger partial charge on any atom is -0.459 e. The zero-order chi connectivity index (χ0) is 28.2. The van der Waals surface area contributed by atoms with E-state index in [-0.39, 0.29) is 28.5 Å². The molecule has 0 spiro atoms. The third-order valence-corrected chi connectivity index (χ3v) is 10.2. The first-order valence-electron chi connectivity index (χ1n) is 12.6. The van der Waals surface area contributed by atoms with Crippen LogP contribution < -0.4 is 10.1 Å². The van der Waals surface area contributed by atoms with Crippen molar-refractivity contribution in [3.63, 3.8) is 0 Å². The van der Waals surface area contributed by atoms with Gasteiger partial charge in [-0.3, -0.25) is 4.79 Å². The van der Waals surface area contributed by atoms with Crippen LogP contribution in [0.15, 0.2) is 59.1 Å². The number of carbonyl (C=O) groups excluding carboxylic acids is 2. The maximum Gasteiger partial charge on any atom is 0.352 e. The number of rotatable bonds is 9. The number of hydrogen-bond donors (Lipinski definition) is 1. The molecule has 2 heterocycles. The number of anilines is 1. The van der Waals surface area contributed by atoms with Crippen LogP contribution in [0.5, 0.6) is 5.75 Å². The maximum atomic E-state index is 12.9. The Balaban J connectivity index is 1.46. The largest absolute Gasteiger partial charge is 0.459 e. The molecule has 1 N–H and O–H groups in total. The van der Waals surface area contributed by atoms with Gasteiger partial charge in [0.15, 0.2) is 10.6 Å². The number of piperidine rings is 1. The standard InChI is InChI=1S/C28H31BrN2O6S2/c1-18(2)36-28(33)27-25(37-19(3)32)24(29)26(38-27)21-10-7-11-23(16-21)30-22-12-14-31(15-13-22)39(34,35)17-20-8-5-4-6-9-20/h4-11,16,18,22,30H,12-15,17H2,1-3H3. The van der Waals surface area contributed by atoms with Gasteiger partial charge in [-0.05, 0) is 65.9 Å². The number of thiophene rings is 1. The lowest BCUT2D eigenvalue weighted by Crippen LogP contribution is -2.42. The summed E-state index contributed by atoms with van der Waals surface area (Å²) in [6.07, 6.45) is 1.05. The summed E-state index contributed by atoms with van der Waals surface area (Å²) in [6.45, 7) is 5.70. The summed E-state index contributed by atoms with van der Waals surface area (Å²) in [5.74, 6) is -0.936. The Bertz CT molecular complexity index is 1430. The van der Waals surface area contributed by atoms with Crippen molar-refractivity contribution < 1.29 is 27.5 Å². The number of carbonyl (C=O) groups is 2. The van der Waals surface area contributed by atoms with Crippen LogP contribution in [0.2, 0.25) is 0 Å². The van der Waals surface area contributed by atoms with E-state index in [4.69, 9.17) is 9.47 Å².